The average Bonchev–Trinajstić information content (AvgIpc) is 2.52. The normalized spacial score (nSPS) is 18.2. The van der Waals surface area contributed by atoms with Crippen molar-refractivity contribution in [2.75, 3.05) is 33.4 Å². The van der Waals surface area contributed by atoms with Crippen LogP contribution in [0.5, 0.6) is 11.5 Å². The fourth-order valence-electron chi connectivity index (χ4n) is 2.48. The minimum absolute atomic E-state index is 0.0138. The third-order valence-corrected chi connectivity index (χ3v) is 3.65. The highest BCUT2D eigenvalue weighted by Crippen LogP contribution is 2.17. The lowest BCUT2D eigenvalue weighted by Gasteiger charge is -2.30. The number of carbonyl (C=O) groups is 1. The number of piperidine rings is 1. The van der Waals surface area contributed by atoms with Gasteiger partial charge in [-0.3, -0.25) is 0 Å². The molecular weight excluding hydrogens is 268 g/mol. The molecule has 0 spiro atoms. The van der Waals surface area contributed by atoms with E-state index in [0.717, 1.165) is 31.0 Å². The minimum Gasteiger partial charge on any atom is -0.497 e. The van der Waals surface area contributed by atoms with Crippen LogP contribution < -0.4 is 14.8 Å². The van der Waals surface area contributed by atoms with Crippen LogP contribution in [0.2, 0.25) is 0 Å². The van der Waals surface area contributed by atoms with Crippen molar-refractivity contribution in [2.45, 2.75) is 19.8 Å². The molecule has 2 rings (SSSR count). The van der Waals surface area contributed by atoms with Crippen molar-refractivity contribution in [3.8, 4) is 11.5 Å². The van der Waals surface area contributed by atoms with E-state index in [1.165, 1.54) is 6.42 Å². The average molecular weight is 292 g/mol. The summed E-state index contributed by atoms with van der Waals surface area (Å²) in [7, 11) is 1.63. The van der Waals surface area contributed by atoms with Crippen molar-refractivity contribution in [1.82, 2.24) is 10.2 Å². The molecule has 0 aromatic heterocycles. The molecule has 2 amide bonds. The second-order valence-corrected chi connectivity index (χ2v) is 5.45. The number of methoxy groups -OCH3 is 1. The molecule has 5 heteroatoms. The first-order chi connectivity index (χ1) is 10.2. The quantitative estimate of drug-likeness (QED) is 0.848. The Labute approximate surface area is 126 Å². The Morgan fingerprint density at radius 2 is 2.05 bits per heavy atom. The molecular formula is C16H24N2O3. The van der Waals surface area contributed by atoms with Crippen molar-refractivity contribution >= 4 is 6.03 Å². The maximum Gasteiger partial charge on any atom is 0.317 e. The Balaban J connectivity index is 1.65. The van der Waals surface area contributed by atoms with Gasteiger partial charge in [0.1, 0.15) is 18.1 Å². The van der Waals surface area contributed by atoms with Crippen LogP contribution in [-0.4, -0.2) is 44.3 Å². The molecule has 1 unspecified atom stereocenters. The lowest BCUT2D eigenvalue weighted by atomic mass is 10.0. The molecule has 1 aromatic carbocycles. The fraction of sp³-hybridized carbons (Fsp3) is 0.562. The summed E-state index contributed by atoms with van der Waals surface area (Å²) < 4.78 is 10.7. The van der Waals surface area contributed by atoms with E-state index in [4.69, 9.17) is 9.47 Å². The second kappa shape index (κ2) is 7.76. The number of hydrogen-bond acceptors (Lipinski definition) is 3. The molecule has 116 valence electrons. The van der Waals surface area contributed by atoms with Crippen LogP contribution in [0.15, 0.2) is 24.3 Å². The first kappa shape index (κ1) is 15.5. The molecule has 1 N–H and O–H groups in total. The molecule has 21 heavy (non-hydrogen) atoms. The maximum absolute atomic E-state index is 12.0. The molecule has 1 aromatic rings. The van der Waals surface area contributed by atoms with Crippen LogP contribution in [0.1, 0.15) is 19.8 Å². The summed E-state index contributed by atoms with van der Waals surface area (Å²) in [6.45, 7) is 4.87. The SMILES string of the molecule is COc1ccc(OCCNC(=O)N2CCCC(C)C2)cc1. The minimum atomic E-state index is 0.0138. The largest absolute Gasteiger partial charge is 0.497 e. The third kappa shape index (κ3) is 4.85. The van der Waals surface area contributed by atoms with Gasteiger partial charge in [-0.1, -0.05) is 6.92 Å². The lowest BCUT2D eigenvalue weighted by Crippen LogP contribution is -2.45. The van der Waals surface area contributed by atoms with E-state index < -0.39 is 0 Å². The van der Waals surface area contributed by atoms with Gasteiger partial charge in [0.05, 0.1) is 13.7 Å². The zero-order valence-electron chi connectivity index (χ0n) is 12.8. The molecule has 1 aliphatic heterocycles. The predicted molar refractivity (Wildman–Crippen MR) is 81.9 cm³/mol. The number of likely N-dealkylation sites (tertiary alicyclic amines) is 1. The number of amides is 2. The summed E-state index contributed by atoms with van der Waals surface area (Å²) in [5.41, 5.74) is 0. The van der Waals surface area contributed by atoms with Crippen LogP contribution in [0.25, 0.3) is 0 Å². The standard InChI is InChI=1S/C16H24N2O3/c1-13-4-3-10-18(12-13)16(19)17-9-11-21-15-7-5-14(20-2)6-8-15/h5-8,13H,3-4,9-12H2,1-2H3,(H,17,19). The fourth-order valence-corrected chi connectivity index (χ4v) is 2.48. The van der Waals surface area contributed by atoms with Crippen LogP contribution in [0.4, 0.5) is 4.79 Å². The highest BCUT2D eigenvalue weighted by atomic mass is 16.5. The van der Waals surface area contributed by atoms with Gasteiger partial charge in [0.2, 0.25) is 0 Å². The van der Waals surface area contributed by atoms with Crippen LogP contribution in [-0.2, 0) is 0 Å². The van der Waals surface area contributed by atoms with Gasteiger partial charge in [-0.05, 0) is 43.0 Å². The van der Waals surface area contributed by atoms with E-state index in [0.29, 0.717) is 19.1 Å². The van der Waals surface area contributed by atoms with Crippen LogP contribution >= 0.6 is 0 Å². The van der Waals surface area contributed by atoms with E-state index in [1.807, 2.05) is 29.2 Å². The van der Waals surface area contributed by atoms with Gasteiger partial charge in [0, 0.05) is 13.1 Å². The zero-order valence-corrected chi connectivity index (χ0v) is 12.8. The van der Waals surface area contributed by atoms with Gasteiger partial charge in [0.15, 0.2) is 0 Å². The highest BCUT2D eigenvalue weighted by molar-refractivity contribution is 5.74. The molecule has 0 radical (unpaired) electrons. The van der Waals surface area contributed by atoms with Gasteiger partial charge in [0.25, 0.3) is 0 Å². The van der Waals surface area contributed by atoms with Crippen molar-refractivity contribution < 1.29 is 14.3 Å². The van der Waals surface area contributed by atoms with E-state index >= 15 is 0 Å². The summed E-state index contributed by atoms with van der Waals surface area (Å²) in [5.74, 6) is 2.17. The monoisotopic (exact) mass is 292 g/mol. The number of nitrogens with zero attached hydrogens (tertiary/aromatic N) is 1. The summed E-state index contributed by atoms with van der Waals surface area (Å²) >= 11 is 0. The maximum atomic E-state index is 12.0. The van der Waals surface area contributed by atoms with Crippen LogP contribution in [0.3, 0.4) is 0 Å². The first-order valence-corrected chi connectivity index (χ1v) is 7.48. The van der Waals surface area contributed by atoms with E-state index in [9.17, 15) is 4.79 Å². The van der Waals surface area contributed by atoms with Gasteiger partial charge in [-0.15, -0.1) is 0 Å². The molecule has 1 atom stereocenters. The van der Waals surface area contributed by atoms with E-state index in [1.54, 1.807) is 7.11 Å². The Hall–Kier alpha value is -1.91. The summed E-state index contributed by atoms with van der Waals surface area (Å²) in [6, 6.07) is 7.42. The number of urea groups is 1. The summed E-state index contributed by atoms with van der Waals surface area (Å²) in [4.78, 5) is 13.9. The van der Waals surface area contributed by atoms with Crippen molar-refractivity contribution in [3.05, 3.63) is 24.3 Å². The Morgan fingerprint density at radius 1 is 1.33 bits per heavy atom. The number of ether oxygens (including phenoxy) is 2. The molecule has 0 bridgehead atoms. The summed E-state index contributed by atoms with van der Waals surface area (Å²) in [6.07, 6.45) is 2.31. The highest BCUT2D eigenvalue weighted by Gasteiger charge is 2.20. The first-order valence-electron chi connectivity index (χ1n) is 7.48. The van der Waals surface area contributed by atoms with Gasteiger partial charge in [-0.2, -0.15) is 0 Å². The molecule has 5 nitrogen and oxygen atoms in total. The van der Waals surface area contributed by atoms with Crippen molar-refractivity contribution in [2.24, 2.45) is 5.92 Å². The third-order valence-electron chi connectivity index (χ3n) is 3.65. The van der Waals surface area contributed by atoms with E-state index in [-0.39, 0.29) is 6.03 Å². The Kier molecular flexibility index (Phi) is 5.72. The number of rotatable bonds is 5. The van der Waals surface area contributed by atoms with Gasteiger partial charge >= 0.3 is 6.03 Å². The Morgan fingerprint density at radius 3 is 2.71 bits per heavy atom. The Bertz CT molecular complexity index is 447. The molecule has 0 saturated carbocycles. The number of carbonyl (C=O) groups excluding carboxylic acids is 1. The summed E-state index contributed by atoms with van der Waals surface area (Å²) in [5, 5.41) is 2.90. The van der Waals surface area contributed by atoms with Gasteiger partial charge < -0.3 is 19.7 Å². The van der Waals surface area contributed by atoms with Crippen LogP contribution in [0, 0.1) is 5.92 Å². The topological polar surface area (TPSA) is 50.8 Å². The van der Waals surface area contributed by atoms with Crippen molar-refractivity contribution in [3.63, 3.8) is 0 Å². The molecule has 0 aliphatic carbocycles. The number of hydrogen-bond donors (Lipinski definition) is 1. The lowest BCUT2D eigenvalue weighted by molar-refractivity contribution is 0.167. The molecule has 1 saturated heterocycles. The second-order valence-electron chi connectivity index (χ2n) is 5.45. The molecule has 1 fully saturated rings. The molecule has 1 aliphatic rings. The molecule has 1 heterocycles. The zero-order chi connectivity index (χ0) is 15.1. The number of nitrogens with one attached hydrogen (secondary N) is 1. The predicted octanol–water partition coefficient (Wildman–Crippen LogP) is 2.52. The number of benzene rings is 1. The van der Waals surface area contributed by atoms with Gasteiger partial charge in [-0.25, -0.2) is 4.79 Å². The smallest absolute Gasteiger partial charge is 0.317 e. The van der Waals surface area contributed by atoms with Crippen molar-refractivity contribution in [1.29, 1.82) is 0 Å². The van der Waals surface area contributed by atoms with E-state index in [2.05, 4.69) is 12.2 Å².